The van der Waals surface area contributed by atoms with Gasteiger partial charge in [-0.05, 0) is 61.0 Å². The van der Waals surface area contributed by atoms with Crippen molar-refractivity contribution < 1.29 is 19.2 Å². The third-order valence-electron chi connectivity index (χ3n) is 4.26. The zero-order valence-corrected chi connectivity index (χ0v) is 16.9. The number of hydrazone groups is 1. The van der Waals surface area contributed by atoms with Crippen LogP contribution in [-0.2, 0) is 6.61 Å². The molecule has 3 aromatic rings. The summed E-state index contributed by atoms with van der Waals surface area (Å²) in [6.45, 7) is 2.69. The smallest absolute Gasteiger partial charge is 0.271 e. The van der Waals surface area contributed by atoms with Gasteiger partial charge in [-0.2, -0.15) is 5.10 Å². The van der Waals surface area contributed by atoms with Crippen LogP contribution in [-0.4, -0.2) is 23.7 Å². The summed E-state index contributed by atoms with van der Waals surface area (Å²) in [7, 11) is 0. The van der Waals surface area contributed by atoms with E-state index in [2.05, 4.69) is 10.5 Å². The molecule has 158 valence electrons. The van der Waals surface area contributed by atoms with Crippen molar-refractivity contribution in [1.29, 1.82) is 0 Å². The molecule has 0 aliphatic heterocycles. The molecule has 3 rings (SSSR count). The van der Waals surface area contributed by atoms with Crippen LogP contribution in [0.4, 0.5) is 5.69 Å². The van der Waals surface area contributed by atoms with E-state index < -0.39 is 4.92 Å². The highest BCUT2D eigenvalue weighted by Gasteiger charge is 2.07. The van der Waals surface area contributed by atoms with E-state index in [1.165, 1.54) is 18.3 Å². The summed E-state index contributed by atoms with van der Waals surface area (Å²) in [6.07, 6.45) is 1.50. The number of nitro groups is 1. The minimum Gasteiger partial charge on any atom is -0.494 e. The Morgan fingerprint density at radius 1 is 1.03 bits per heavy atom. The van der Waals surface area contributed by atoms with E-state index in [-0.39, 0.29) is 18.2 Å². The number of nitro benzene ring substituents is 1. The minimum atomic E-state index is -0.446. The lowest BCUT2D eigenvalue weighted by Crippen LogP contribution is -2.17. The average Bonchev–Trinajstić information content (AvgIpc) is 2.79. The number of hydrogen-bond acceptors (Lipinski definition) is 6. The maximum absolute atomic E-state index is 12.2. The van der Waals surface area contributed by atoms with Gasteiger partial charge < -0.3 is 9.47 Å². The zero-order valence-electron chi connectivity index (χ0n) is 16.9. The molecule has 0 fully saturated rings. The number of benzene rings is 3. The Labute approximate surface area is 179 Å². The number of carbonyl (C=O) groups excluding carboxylic acids is 1. The van der Waals surface area contributed by atoms with E-state index >= 15 is 0 Å². The van der Waals surface area contributed by atoms with Gasteiger partial charge >= 0.3 is 0 Å². The van der Waals surface area contributed by atoms with Crippen LogP contribution >= 0.6 is 0 Å². The summed E-state index contributed by atoms with van der Waals surface area (Å²) < 4.78 is 11.2. The Kier molecular flexibility index (Phi) is 7.31. The lowest BCUT2D eigenvalue weighted by atomic mass is 10.2. The number of para-hydroxylation sites is 1. The predicted molar refractivity (Wildman–Crippen MR) is 117 cm³/mol. The second-order valence-electron chi connectivity index (χ2n) is 6.41. The molecular weight excluding hydrogens is 398 g/mol. The molecule has 0 radical (unpaired) electrons. The highest BCUT2D eigenvalue weighted by atomic mass is 16.6. The topological polar surface area (TPSA) is 103 Å². The summed E-state index contributed by atoms with van der Waals surface area (Å²) in [5, 5.41) is 14.8. The molecule has 8 nitrogen and oxygen atoms in total. The van der Waals surface area contributed by atoms with Crippen molar-refractivity contribution in [2.75, 3.05) is 6.61 Å². The normalized spacial score (nSPS) is 10.6. The van der Waals surface area contributed by atoms with Crippen LogP contribution in [0.2, 0.25) is 0 Å². The molecule has 0 saturated heterocycles. The number of hydrogen-bond donors (Lipinski definition) is 1. The first-order valence-electron chi connectivity index (χ1n) is 9.58. The monoisotopic (exact) mass is 419 g/mol. The van der Waals surface area contributed by atoms with Gasteiger partial charge in [0.1, 0.15) is 18.1 Å². The standard InChI is InChI=1S/C23H21N3O5/c1-2-30-21-13-9-18(10-14-21)23(27)25-24-15-19-5-3-4-6-22(19)31-16-17-7-11-20(12-8-17)26(28)29/h3-15H,2,16H2,1H3,(H,25,27)/b24-15-. The number of ether oxygens (including phenoxy) is 2. The highest BCUT2D eigenvalue weighted by Crippen LogP contribution is 2.19. The van der Waals surface area contributed by atoms with E-state index in [0.29, 0.717) is 29.2 Å². The molecule has 8 heteroatoms. The molecular formula is C23H21N3O5. The fraction of sp³-hybridized carbons (Fsp3) is 0.130. The quantitative estimate of drug-likeness (QED) is 0.316. The van der Waals surface area contributed by atoms with E-state index in [0.717, 1.165) is 5.56 Å². The molecule has 0 aliphatic rings. The van der Waals surface area contributed by atoms with Crippen molar-refractivity contribution in [3.05, 3.63) is 99.6 Å². The molecule has 3 aromatic carbocycles. The van der Waals surface area contributed by atoms with Crippen molar-refractivity contribution in [2.24, 2.45) is 5.10 Å². The van der Waals surface area contributed by atoms with Crippen LogP contribution in [0.3, 0.4) is 0 Å². The predicted octanol–water partition coefficient (Wildman–Crippen LogP) is 4.34. The molecule has 0 aromatic heterocycles. The van der Waals surface area contributed by atoms with Crippen molar-refractivity contribution in [1.82, 2.24) is 5.43 Å². The first-order chi connectivity index (χ1) is 15.1. The van der Waals surface area contributed by atoms with Gasteiger partial charge in [-0.3, -0.25) is 14.9 Å². The van der Waals surface area contributed by atoms with Gasteiger partial charge in [0, 0.05) is 23.3 Å². The van der Waals surface area contributed by atoms with Gasteiger partial charge in [0.05, 0.1) is 17.7 Å². The Bertz CT molecular complexity index is 1060. The van der Waals surface area contributed by atoms with Crippen LogP contribution < -0.4 is 14.9 Å². The zero-order chi connectivity index (χ0) is 22.1. The first kappa shape index (κ1) is 21.5. The van der Waals surface area contributed by atoms with E-state index in [4.69, 9.17) is 9.47 Å². The second kappa shape index (κ2) is 10.5. The maximum atomic E-state index is 12.2. The molecule has 1 N–H and O–H groups in total. The van der Waals surface area contributed by atoms with Crippen LogP contribution in [0.15, 0.2) is 77.9 Å². The number of carbonyl (C=O) groups is 1. The Hall–Kier alpha value is -4.20. The Morgan fingerprint density at radius 3 is 2.42 bits per heavy atom. The summed E-state index contributed by atoms with van der Waals surface area (Å²) in [4.78, 5) is 22.5. The van der Waals surface area contributed by atoms with Gasteiger partial charge in [-0.15, -0.1) is 0 Å². The third-order valence-corrected chi connectivity index (χ3v) is 4.26. The van der Waals surface area contributed by atoms with Crippen LogP contribution in [0.1, 0.15) is 28.4 Å². The summed E-state index contributed by atoms with van der Waals surface area (Å²) in [5.74, 6) is 0.921. The third kappa shape index (κ3) is 6.14. The minimum absolute atomic E-state index is 0.0274. The van der Waals surface area contributed by atoms with Crippen molar-refractivity contribution in [3.8, 4) is 11.5 Å². The Balaban J connectivity index is 1.59. The Morgan fingerprint density at radius 2 is 1.74 bits per heavy atom. The highest BCUT2D eigenvalue weighted by molar-refractivity contribution is 5.95. The summed E-state index contributed by atoms with van der Waals surface area (Å²) in [5.41, 5.74) is 4.45. The van der Waals surface area contributed by atoms with Gasteiger partial charge in [-0.1, -0.05) is 12.1 Å². The van der Waals surface area contributed by atoms with Crippen LogP contribution in [0, 0.1) is 10.1 Å². The van der Waals surface area contributed by atoms with Gasteiger partial charge in [0.15, 0.2) is 0 Å². The lowest BCUT2D eigenvalue weighted by molar-refractivity contribution is -0.384. The number of rotatable bonds is 9. The average molecular weight is 419 g/mol. The fourth-order valence-corrected chi connectivity index (χ4v) is 2.69. The number of nitrogens with zero attached hydrogens (tertiary/aromatic N) is 2. The molecule has 0 atom stereocenters. The van der Waals surface area contributed by atoms with Crippen LogP contribution in [0.25, 0.3) is 0 Å². The van der Waals surface area contributed by atoms with E-state index in [9.17, 15) is 14.9 Å². The first-order valence-corrected chi connectivity index (χ1v) is 9.58. The number of amides is 1. The molecule has 0 unspecified atom stereocenters. The summed E-state index contributed by atoms with van der Waals surface area (Å²) >= 11 is 0. The number of nitrogens with one attached hydrogen (secondary N) is 1. The van der Waals surface area contributed by atoms with Gasteiger partial charge in [-0.25, -0.2) is 5.43 Å². The molecule has 0 saturated carbocycles. The maximum Gasteiger partial charge on any atom is 0.271 e. The molecule has 31 heavy (non-hydrogen) atoms. The van der Waals surface area contributed by atoms with Crippen molar-refractivity contribution >= 4 is 17.8 Å². The fourth-order valence-electron chi connectivity index (χ4n) is 2.69. The SMILES string of the molecule is CCOc1ccc(C(=O)N/N=C\c2ccccc2OCc2ccc([N+](=O)[O-])cc2)cc1. The van der Waals surface area contributed by atoms with Crippen molar-refractivity contribution in [3.63, 3.8) is 0 Å². The molecule has 0 spiro atoms. The largest absolute Gasteiger partial charge is 0.494 e. The summed E-state index contributed by atoms with van der Waals surface area (Å²) in [6, 6.07) is 20.2. The lowest BCUT2D eigenvalue weighted by Gasteiger charge is -2.09. The molecule has 0 heterocycles. The molecule has 0 bridgehead atoms. The van der Waals surface area contributed by atoms with E-state index in [1.807, 2.05) is 19.1 Å². The molecule has 1 amide bonds. The van der Waals surface area contributed by atoms with Gasteiger partial charge in [0.2, 0.25) is 0 Å². The van der Waals surface area contributed by atoms with E-state index in [1.54, 1.807) is 48.5 Å². The van der Waals surface area contributed by atoms with Crippen molar-refractivity contribution in [2.45, 2.75) is 13.5 Å². The number of non-ortho nitro benzene ring substituents is 1. The second-order valence-corrected chi connectivity index (χ2v) is 6.41. The molecule has 0 aliphatic carbocycles. The van der Waals surface area contributed by atoms with Crippen LogP contribution in [0.5, 0.6) is 11.5 Å². The van der Waals surface area contributed by atoms with Gasteiger partial charge in [0.25, 0.3) is 11.6 Å².